The molecule has 1 atom stereocenters. The van der Waals surface area contributed by atoms with Crippen molar-refractivity contribution in [3.8, 4) is 0 Å². The highest BCUT2D eigenvalue weighted by atomic mass is 28.4. The topological polar surface area (TPSA) is 38.7 Å². The standard InChI is InChI=1S/C11H28O3Si2/c1-10(2,15(5,6)7)11(3,13-4)14-16(8,9)12/h12H,1-9H3. The zero-order valence-corrected chi connectivity index (χ0v) is 14.3. The normalized spacial score (nSPS) is 18.4. The Balaban J connectivity index is 5.26. The van der Waals surface area contributed by atoms with Gasteiger partial charge < -0.3 is 14.0 Å². The van der Waals surface area contributed by atoms with Crippen LogP contribution < -0.4 is 0 Å². The summed E-state index contributed by atoms with van der Waals surface area (Å²) < 4.78 is 11.5. The van der Waals surface area contributed by atoms with Crippen LogP contribution in [0.2, 0.25) is 37.8 Å². The molecule has 5 heteroatoms. The second-order valence-electron chi connectivity index (χ2n) is 6.57. The first-order chi connectivity index (χ1) is 6.77. The highest BCUT2D eigenvalue weighted by Crippen LogP contribution is 2.50. The minimum absolute atomic E-state index is 0.0816. The summed E-state index contributed by atoms with van der Waals surface area (Å²) in [4.78, 5) is 9.97. The van der Waals surface area contributed by atoms with Crippen molar-refractivity contribution in [3.63, 3.8) is 0 Å². The molecule has 0 aliphatic heterocycles. The molecule has 0 rings (SSSR count). The van der Waals surface area contributed by atoms with Gasteiger partial charge in [0.2, 0.25) is 0 Å². The summed E-state index contributed by atoms with van der Waals surface area (Å²) in [5, 5.41) is -0.0816. The van der Waals surface area contributed by atoms with Gasteiger partial charge in [-0.2, -0.15) is 0 Å². The minimum atomic E-state index is -2.60. The van der Waals surface area contributed by atoms with E-state index < -0.39 is 22.4 Å². The Labute approximate surface area is 102 Å². The van der Waals surface area contributed by atoms with Gasteiger partial charge in [0.15, 0.2) is 5.79 Å². The molecule has 0 saturated heterocycles. The van der Waals surface area contributed by atoms with Crippen LogP contribution in [-0.4, -0.2) is 34.3 Å². The molecule has 0 heterocycles. The second-order valence-corrected chi connectivity index (χ2v) is 15.4. The molecule has 0 saturated carbocycles. The lowest BCUT2D eigenvalue weighted by atomic mass is 10.0. The van der Waals surface area contributed by atoms with Crippen LogP contribution in [0.1, 0.15) is 20.8 Å². The molecule has 0 aromatic rings. The van der Waals surface area contributed by atoms with Crippen LogP contribution in [0.4, 0.5) is 0 Å². The maximum atomic E-state index is 9.97. The van der Waals surface area contributed by atoms with E-state index >= 15 is 0 Å². The zero-order chi connectivity index (χ0) is 13.4. The summed E-state index contributed by atoms with van der Waals surface area (Å²) in [5.74, 6) is -0.720. The zero-order valence-electron chi connectivity index (χ0n) is 12.3. The van der Waals surface area contributed by atoms with Crippen LogP contribution in [0.25, 0.3) is 0 Å². The van der Waals surface area contributed by atoms with Crippen LogP contribution in [0.5, 0.6) is 0 Å². The molecule has 1 N–H and O–H groups in total. The average Bonchev–Trinajstić information content (AvgIpc) is 1.98. The largest absolute Gasteiger partial charge is 0.411 e. The van der Waals surface area contributed by atoms with E-state index in [1.165, 1.54) is 0 Å². The fourth-order valence-electron chi connectivity index (χ4n) is 1.58. The van der Waals surface area contributed by atoms with Crippen LogP contribution in [0.3, 0.4) is 0 Å². The lowest BCUT2D eigenvalue weighted by Crippen LogP contribution is -2.57. The molecular weight excluding hydrogens is 236 g/mol. The molecule has 1 unspecified atom stereocenters. The molecule has 0 amide bonds. The van der Waals surface area contributed by atoms with Gasteiger partial charge in [-0.3, -0.25) is 0 Å². The van der Waals surface area contributed by atoms with E-state index in [0.717, 1.165) is 0 Å². The lowest BCUT2D eigenvalue weighted by molar-refractivity contribution is -0.188. The van der Waals surface area contributed by atoms with Gasteiger partial charge in [-0.1, -0.05) is 33.5 Å². The van der Waals surface area contributed by atoms with Gasteiger partial charge in [0.25, 0.3) is 0 Å². The van der Waals surface area contributed by atoms with Crippen molar-refractivity contribution in [2.45, 2.75) is 64.3 Å². The Morgan fingerprint density at radius 2 is 1.31 bits per heavy atom. The lowest BCUT2D eigenvalue weighted by Gasteiger charge is -2.51. The third-order valence-electron chi connectivity index (χ3n) is 3.84. The fourth-order valence-corrected chi connectivity index (χ4v) is 4.49. The maximum absolute atomic E-state index is 9.97. The summed E-state index contributed by atoms with van der Waals surface area (Å²) >= 11 is 0. The van der Waals surface area contributed by atoms with Crippen molar-refractivity contribution in [1.82, 2.24) is 0 Å². The van der Waals surface area contributed by atoms with Crippen LogP contribution in [0, 0.1) is 0 Å². The average molecular weight is 265 g/mol. The van der Waals surface area contributed by atoms with E-state index in [4.69, 9.17) is 9.16 Å². The molecule has 0 aliphatic rings. The first-order valence-corrected chi connectivity index (χ1v) is 12.1. The Bertz CT molecular complexity index is 241. The van der Waals surface area contributed by atoms with Gasteiger partial charge in [0, 0.05) is 12.1 Å². The summed E-state index contributed by atoms with van der Waals surface area (Å²) in [7, 11) is -2.43. The van der Waals surface area contributed by atoms with Crippen LogP contribution in [0.15, 0.2) is 0 Å². The Kier molecular flexibility index (Phi) is 4.62. The van der Waals surface area contributed by atoms with Crippen molar-refractivity contribution in [2.24, 2.45) is 0 Å². The highest BCUT2D eigenvalue weighted by molar-refractivity contribution is 6.79. The first-order valence-electron chi connectivity index (χ1n) is 5.74. The van der Waals surface area contributed by atoms with Gasteiger partial charge in [-0.15, -0.1) is 0 Å². The first kappa shape index (κ1) is 16.3. The summed E-state index contributed by atoms with van der Waals surface area (Å²) in [6.07, 6.45) is 0. The molecule has 0 bridgehead atoms. The van der Waals surface area contributed by atoms with Crippen molar-refractivity contribution < 1.29 is 14.0 Å². The smallest absolute Gasteiger partial charge is 0.331 e. The second kappa shape index (κ2) is 4.53. The summed E-state index contributed by atoms with van der Waals surface area (Å²) in [5.41, 5.74) is 0. The molecule has 0 aliphatic carbocycles. The number of hydrogen-bond acceptors (Lipinski definition) is 3. The number of methoxy groups -OCH3 is 1. The van der Waals surface area contributed by atoms with Crippen LogP contribution in [-0.2, 0) is 9.16 Å². The van der Waals surface area contributed by atoms with Crippen LogP contribution >= 0.6 is 0 Å². The van der Waals surface area contributed by atoms with E-state index in [1.807, 2.05) is 6.92 Å². The minimum Gasteiger partial charge on any atom is -0.411 e. The molecule has 0 spiro atoms. The third kappa shape index (κ3) is 3.40. The van der Waals surface area contributed by atoms with Crippen molar-refractivity contribution in [2.75, 3.05) is 7.11 Å². The van der Waals surface area contributed by atoms with E-state index in [-0.39, 0.29) is 5.04 Å². The molecule has 0 aromatic carbocycles. The molecule has 0 radical (unpaired) electrons. The third-order valence-corrected chi connectivity index (χ3v) is 8.94. The Morgan fingerprint density at radius 1 is 0.938 bits per heavy atom. The molecule has 0 fully saturated rings. The van der Waals surface area contributed by atoms with Gasteiger partial charge in [-0.05, 0) is 20.0 Å². The number of hydrogen-bond donors (Lipinski definition) is 1. The van der Waals surface area contributed by atoms with Gasteiger partial charge >= 0.3 is 8.56 Å². The van der Waals surface area contributed by atoms with E-state index in [9.17, 15) is 4.80 Å². The molecule has 98 valence electrons. The van der Waals surface area contributed by atoms with E-state index in [2.05, 4.69) is 33.5 Å². The predicted molar refractivity (Wildman–Crippen MR) is 73.6 cm³/mol. The van der Waals surface area contributed by atoms with Gasteiger partial charge in [0.05, 0.1) is 8.07 Å². The number of ether oxygens (including phenoxy) is 1. The predicted octanol–water partition coefficient (Wildman–Crippen LogP) is 3.18. The number of rotatable bonds is 5. The van der Waals surface area contributed by atoms with E-state index in [0.29, 0.717) is 0 Å². The Morgan fingerprint density at radius 3 is 1.50 bits per heavy atom. The van der Waals surface area contributed by atoms with Gasteiger partial charge in [-0.25, -0.2) is 0 Å². The Hall–Kier alpha value is 0.314. The summed E-state index contributed by atoms with van der Waals surface area (Å²) in [6.45, 7) is 16.7. The van der Waals surface area contributed by atoms with E-state index in [1.54, 1.807) is 20.2 Å². The molecular formula is C11H28O3Si2. The maximum Gasteiger partial charge on any atom is 0.331 e. The molecule has 3 nitrogen and oxygen atoms in total. The monoisotopic (exact) mass is 264 g/mol. The summed E-state index contributed by atoms with van der Waals surface area (Å²) in [6, 6.07) is 0. The fraction of sp³-hybridized carbons (Fsp3) is 1.00. The van der Waals surface area contributed by atoms with Crippen molar-refractivity contribution >= 4 is 16.6 Å². The highest BCUT2D eigenvalue weighted by Gasteiger charge is 2.53. The van der Waals surface area contributed by atoms with Gasteiger partial charge in [0.1, 0.15) is 0 Å². The molecule has 0 aromatic heterocycles. The SMILES string of the molecule is COC(C)(O[Si](C)(C)O)C(C)(C)[Si](C)(C)C. The van der Waals surface area contributed by atoms with Crippen molar-refractivity contribution in [1.29, 1.82) is 0 Å². The van der Waals surface area contributed by atoms with Crippen molar-refractivity contribution in [3.05, 3.63) is 0 Å². The molecule has 16 heavy (non-hydrogen) atoms. The quantitative estimate of drug-likeness (QED) is 0.612.